The van der Waals surface area contributed by atoms with Crippen LogP contribution in [0.15, 0.2) is 0 Å². The van der Waals surface area contributed by atoms with Crippen molar-refractivity contribution in [1.82, 2.24) is 0 Å². The fraction of sp³-hybridized carbons (Fsp3) is 0.875. The van der Waals surface area contributed by atoms with Gasteiger partial charge in [0.25, 0.3) is 14.3 Å². The zero-order valence-electron chi connectivity index (χ0n) is 8.10. The smallest absolute Gasteiger partial charge is 0.292 e. The molecule has 0 aliphatic heterocycles. The molecule has 3 heteroatoms. The predicted octanol–water partition coefficient (Wildman–Crippen LogP) is 2.55. The molecule has 0 heterocycles. The molecule has 11 heavy (non-hydrogen) atoms. The highest BCUT2D eigenvalue weighted by Crippen LogP contribution is 2.21. The predicted molar refractivity (Wildman–Crippen MR) is 49.0 cm³/mol. The van der Waals surface area contributed by atoms with Crippen molar-refractivity contribution >= 4 is 14.3 Å². The Kier molecular flexibility index (Phi) is 3.79. The molecule has 0 bridgehead atoms. The molecule has 0 aromatic carbocycles. The van der Waals surface area contributed by atoms with Crippen LogP contribution in [-0.2, 0) is 9.22 Å². The third-order valence-electron chi connectivity index (χ3n) is 2.06. The van der Waals surface area contributed by atoms with Gasteiger partial charge in [-0.2, -0.15) is 0 Å². The topological polar surface area (TPSA) is 26.3 Å². The van der Waals surface area contributed by atoms with Crippen LogP contribution >= 0.6 is 0 Å². The van der Waals surface area contributed by atoms with E-state index in [0.29, 0.717) is 12.0 Å². The van der Waals surface area contributed by atoms with Crippen LogP contribution in [0, 0.1) is 0 Å². The van der Waals surface area contributed by atoms with Gasteiger partial charge in [-0.25, -0.2) is 0 Å². The Labute approximate surface area is 70.1 Å². The molecular weight excluding hydrogens is 156 g/mol. The van der Waals surface area contributed by atoms with Crippen LogP contribution in [-0.4, -0.2) is 14.3 Å². The largest absolute Gasteiger partial charge is 0.519 e. The van der Waals surface area contributed by atoms with Crippen molar-refractivity contribution in [3.63, 3.8) is 0 Å². The Balaban J connectivity index is 4.01. The molecule has 0 radical (unpaired) electrons. The standard InChI is InChI=1S/C8H18O2Si/c1-6-8(9)10-11(4,5)7(2)3/h7H,6H2,1-5H3. The van der Waals surface area contributed by atoms with Crippen molar-refractivity contribution in [2.45, 2.75) is 45.8 Å². The number of hydrogen-bond donors (Lipinski definition) is 0. The molecule has 0 spiro atoms. The van der Waals surface area contributed by atoms with Gasteiger partial charge in [-0.1, -0.05) is 20.8 Å². The summed E-state index contributed by atoms with van der Waals surface area (Å²) in [4.78, 5) is 10.9. The molecule has 0 saturated heterocycles. The Bertz CT molecular complexity index is 141. The van der Waals surface area contributed by atoms with Gasteiger partial charge in [0, 0.05) is 6.42 Å². The average molecular weight is 174 g/mol. The van der Waals surface area contributed by atoms with E-state index >= 15 is 0 Å². The Morgan fingerprint density at radius 1 is 1.45 bits per heavy atom. The van der Waals surface area contributed by atoms with Crippen LogP contribution < -0.4 is 0 Å². The van der Waals surface area contributed by atoms with Gasteiger partial charge in [-0.05, 0) is 18.6 Å². The second-order valence-electron chi connectivity index (χ2n) is 3.59. The summed E-state index contributed by atoms with van der Waals surface area (Å²) in [6.07, 6.45) is 0.489. The van der Waals surface area contributed by atoms with Crippen LogP contribution in [0.1, 0.15) is 27.2 Å². The van der Waals surface area contributed by atoms with Gasteiger partial charge < -0.3 is 4.43 Å². The minimum absolute atomic E-state index is 0.0598. The highest BCUT2D eigenvalue weighted by atomic mass is 28.4. The molecule has 0 unspecified atom stereocenters. The van der Waals surface area contributed by atoms with Gasteiger partial charge in [0.2, 0.25) is 0 Å². The minimum Gasteiger partial charge on any atom is -0.519 e. The van der Waals surface area contributed by atoms with Gasteiger partial charge in [0.05, 0.1) is 0 Å². The fourth-order valence-corrected chi connectivity index (χ4v) is 1.45. The summed E-state index contributed by atoms with van der Waals surface area (Å²) in [6, 6.07) is 0. The molecule has 0 rings (SSSR count). The van der Waals surface area contributed by atoms with E-state index in [1.165, 1.54) is 0 Å². The summed E-state index contributed by atoms with van der Waals surface area (Å²) < 4.78 is 5.35. The first kappa shape index (κ1) is 10.7. The highest BCUT2D eigenvalue weighted by molar-refractivity contribution is 6.73. The van der Waals surface area contributed by atoms with Crippen molar-refractivity contribution in [2.75, 3.05) is 0 Å². The molecule has 0 aromatic rings. The van der Waals surface area contributed by atoms with Crippen LogP contribution in [0.25, 0.3) is 0 Å². The van der Waals surface area contributed by atoms with Crippen molar-refractivity contribution in [2.24, 2.45) is 0 Å². The molecule has 66 valence electrons. The number of rotatable bonds is 3. The Hall–Kier alpha value is -0.313. The quantitative estimate of drug-likeness (QED) is 0.615. The summed E-state index contributed by atoms with van der Waals surface area (Å²) in [5.41, 5.74) is 0.498. The first-order valence-corrected chi connectivity index (χ1v) is 7.10. The molecule has 0 aromatic heterocycles. The average Bonchev–Trinajstić information content (AvgIpc) is 1.86. The summed E-state index contributed by atoms with van der Waals surface area (Å²) in [6.45, 7) is 10.2. The monoisotopic (exact) mass is 174 g/mol. The lowest BCUT2D eigenvalue weighted by atomic mass is 10.5. The summed E-state index contributed by atoms with van der Waals surface area (Å²) in [7, 11) is -1.71. The lowest BCUT2D eigenvalue weighted by molar-refractivity contribution is -0.134. The minimum atomic E-state index is -1.71. The Morgan fingerprint density at radius 3 is 2.18 bits per heavy atom. The molecule has 0 atom stereocenters. The second-order valence-corrected chi connectivity index (χ2v) is 8.15. The first-order valence-electron chi connectivity index (χ1n) is 4.12. The first-order chi connectivity index (χ1) is 4.90. The van der Waals surface area contributed by atoms with E-state index in [9.17, 15) is 4.79 Å². The number of carbonyl (C=O) groups is 1. The summed E-state index contributed by atoms with van der Waals surface area (Å²) in [5, 5.41) is 0. The second kappa shape index (κ2) is 3.90. The van der Waals surface area contributed by atoms with E-state index in [2.05, 4.69) is 26.9 Å². The maximum Gasteiger partial charge on any atom is 0.292 e. The van der Waals surface area contributed by atoms with Crippen LogP contribution in [0.3, 0.4) is 0 Å². The van der Waals surface area contributed by atoms with E-state index in [1.54, 1.807) is 0 Å². The normalized spacial score (nSPS) is 11.8. The van der Waals surface area contributed by atoms with E-state index in [0.717, 1.165) is 0 Å². The molecule has 0 saturated carbocycles. The number of hydrogen-bond acceptors (Lipinski definition) is 2. The van der Waals surface area contributed by atoms with Gasteiger partial charge in [0.15, 0.2) is 0 Å². The Morgan fingerprint density at radius 2 is 1.91 bits per heavy atom. The van der Waals surface area contributed by atoms with Crippen LogP contribution in [0.4, 0.5) is 0 Å². The van der Waals surface area contributed by atoms with Crippen molar-refractivity contribution in [3.05, 3.63) is 0 Å². The fourth-order valence-electron chi connectivity index (χ4n) is 0.483. The molecule has 0 aliphatic carbocycles. The molecule has 0 N–H and O–H groups in total. The number of carbonyl (C=O) groups excluding carboxylic acids is 1. The lowest BCUT2D eigenvalue weighted by Crippen LogP contribution is -2.36. The van der Waals surface area contributed by atoms with Gasteiger partial charge in [0.1, 0.15) is 0 Å². The molecule has 2 nitrogen and oxygen atoms in total. The van der Waals surface area contributed by atoms with E-state index in [4.69, 9.17) is 4.43 Å². The van der Waals surface area contributed by atoms with Gasteiger partial charge in [-0.3, -0.25) is 4.79 Å². The van der Waals surface area contributed by atoms with Gasteiger partial charge >= 0.3 is 0 Å². The van der Waals surface area contributed by atoms with Crippen molar-refractivity contribution in [1.29, 1.82) is 0 Å². The molecule has 0 aliphatic rings. The van der Waals surface area contributed by atoms with Crippen molar-refractivity contribution < 1.29 is 9.22 Å². The van der Waals surface area contributed by atoms with Crippen LogP contribution in [0.2, 0.25) is 18.6 Å². The summed E-state index contributed by atoms with van der Waals surface area (Å²) >= 11 is 0. The SMILES string of the molecule is CCC(=O)O[Si](C)(C)C(C)C. The zero-order chi connectivity index (χ0) is 9.07. The van der Waals surface area contributed by atoms with Gasteiger partial charge in [-0.15, -0.1) is 0 Å². The lowest BCUT2D eigenvalue weighted by Gasteiger charge is -2.26. The summed E-state index contributed by atoms with van der Waals surface area (Å²) in [5.74, 6) is -0.0598. The van der Waals surface area contributed by atoms with E-state index in [-0.39, 0.29) is 5.97 Å². The molecule has 0 fully saturated rings. The highest BCUT2D eigenvalue weighted by Gasteiger charge is 2.30. The van der Waals surface area contributed by atoms with E-state index in [1.807, 2.05) is 6.92 Å². The third-order valence-corrected chi connectivity index (χ3v) is 5.59. The van der Waals surface area contributed by atoms with Crippen LogP contribution in [0.5, 0.6) is 0 Å². The molecular formula is C8H18O2Si. The maximum absolute atomic E-state index is 10.9. The maximum atomic E-state index is 10.9. The van der Waals surface area contributed by atoms with E-state index < -0.39 is 8.32 Å². The molecule has 0 amide bonds. The third kappa shape index (κ3) is 3.56. The zero-order valence-corrected chi connectivity index (χ0v) is 9.10. The van der Waals surface area contributed by atoms with Crippen molar-refractivity contribution in [3.8, 4) is 0 Å².